The van der Waals surface area contributed by atoms with Crippen molar-refractivity contribution < 1.29 is 4.39 Å². The summed E-state index contributed by atoms with van der Waals surface area (Å²) in [4.78, 5) is 17.6. The van der Waals surface area contributed by atoms with Crippen LogP contribution in [-0.2, 0) is 25.6 Å². The Morgan fingerprint density at radius 2 is 1.85 bits per heavy atom. The Morgan fingerprint density at radius 3 is 2.56 bits per heavy atom. The van der Waals surface area contributed by atoms with Crippen LogP contribution in [0.5, 0.6) is 0 Å². The molecule has 7 nitrogen and oxygen atoms in total. The van der Waals surface area contributed by atoms with Crippen LogP contribution in [0.25, 0.3) is 22.0 Å². The lowest BCUT2D eigenvalue weighted by Gasteiger charge is -2.36. The van der Waals surface area contributed by atoms with E-state index in [2.05, 4.69) is 27.3 Å². The van der Waals surface area contributed by atoms with Gasteiger partial charge >= 0.3 is 0 Å². The number of benzene rings is 3. The molecule has 3 aromatic heterocycles. The molecule has 3 aromatic carbocycles. The molecular weight excluding hydrogens is 515 g/mol. The van der Waals surface area contributed by atoms with Gasteiger partial charge in [-0.2, -0.15) is 0 Å². The summed E-state index contributed by atoms with van der Waals surface area (Å²) in [5.74, 6) is 0.301. The molecule has 1 aliphatic heterocycles. The number of rotatable bonds is 5. The molecule has 0 amide bonds. The van der Waals surface area contributed by atoms with E-state index < -0.39 is 5.54 Å². The molecule has 0 bridgehead atoms. The summed E-state index contributed by atoms with van der Waals surface area (Å²) in [6.07, 6.45) is 7.69. The van der Waals surface area contributed by atoms with Crippen molar-refractivity contribution in [2.45, 2.75) is 18.5 Å². The maximum atomic E-state index is 14.2. The number of aryl methyl sites for hydroxylation is 3. The minimum Gasteiger partial charge on any atom is -0.318 e. The second kappa shape index (κ2) is 8.74. The van der Waals surface area contributed by atoms with Gasteiger partial charge in [0.1, 0.15) is 12.1 Å². The zero-order chi connectivity index (χ0) is 26.7. The van der Waals surface area contributed by atoms with Crippen LogP contribution in [0.3, 0.4) is 0 Å². The van der Waals surface area contributed by atoms with Crippen molar-refractivity contribution in [2.75, 3.05) is 0 Å². The summed E-state index contributed by atoms with van der Waals surface area (Å²) in [7, 11) is 1.89. The smallest absolute Gasteiger partial charge is 0.251 e. The number of pyridine rings is 1. The van der Waals surface area contributed by atoms with E-state index in [0.717, 1.165) is 38.7 Å². The molecule has 6 aromatic rings. The van der Waals surface area contributed by atoms with Gasteiger partial charge in [0.05, 0.1) is 11.8 Å². The highest BCUT2D eigenvalue weighted by molar-refractivity contribution is 6.30. The molecule has 0 aliphatic carbocycles. The van der Waals surface area contributed by atoms with E-state index in [9.17, 15) is 9.18 Å². The van der Waals surface area contributed by atoms with Gasteiger partial charge in [-0.25, -0.2) is 9.37 Å². The minimum absolute atomic E-state index is 0.0447. The molecule has 1 aliphatic rings. The summed E-state index contributed by atoms with van der Waals surface area (Å²) < 4.78 is 19.9. The standard InChI is InChI=1S/C30H22ClFN6O/c1-36-18-34-35-29(36)30(37-12-10-33-17-37,21-5-7-24(32)8-6-21)22-13-20-9-11-38-27(39)16-25(26(15-22)28(20)38)19-3-2-4-23(31)14-19/h2-8,10,12-18H,9,11H2,1H3. The van der Waals surface area contributed by atoms with Gasteiger partial charge in [-0.05, 0) is 64.6 Å². The van der Waals surface area contributed by atoms with E-state index >= 15 is 0 Å². The van der Waals surface area contributed by atoms with Crippen LogP contribution in [-0.4, -0.2) is 28.9 Å². The van der Waals surface area contributed by atoms with E-state index in [0.29, 0.717) is 23.8 Å². The normalized spacial score (nSPS) is 14.1. The molecule has 4 heterocycles. The Hall–Kier alpha value is -4.56. The highest BCUT2D eigenvalue weighted by Crippen LogP contribution is 2.43. The van der Waals surface area contributed by atoms with Gasteiger partial charge in [0.15, 0.2) is 11.4 Å². The maximum absolute atomic E-state index is 14.2. The third-order valence-corrected chi connectivity index (χ3v) is 7.86. The van der Waals surface area contributed by atoms with Gasteiger partial charge in [-0.15, -0.1) is 10.2 Å². The second-order valence-corrected chi connectivity index (χ2v) is 10.2. The van der Waals surface area contributed by atoms with Crippen LogP contribution in [0.1, 0.15) is 22.5 Å². The average molecular weight is 537 g/mol. The van der Waals surface area contributed by atoms with Crippen LogP contribution >= 0.6 is 11.6 Å². The first-order chi connectivity index (χ1) is 19.0. The molecule has 7 rings (SSSR count). The molecule has 192 valence electrons. The topological polar surface area (TPSA) is 70.5 Å². The Balaban J connectivity index is 1.64. The lowest BCUT2D eigenvalue weighted by molar-refractivity contribution is 0.465. The van der Waals surface area contributed by atoms with E-state index in [1.165, 1.54) is 12.1 Å². The quantitative estimate of drug-likeness (QED) is 0.304. The SMILES string of the molecule is Cn1cnnc1C(c1ccc(F)cc1)(c1cc2c3c(c1)c(-c1cccc(Cl)c1)cc(=O)n3CC2)n1ccnc1. The van der Waals surface area contributed by atoms with Crippen LogP contribution in [0.4, 0.5) is 4.39 Å². The molecule has 9 heteroatoms. The highest BCUT2D eigenvalue weighted by atomic mass is 35.5. The number of aromatic nitrogens is 6. The molecule has 0 fully saturated rings. The summed E-state index contributed by atoms with van der Waals surface area (Å²) in [5, 5.41) is 10.3. The predicted molar refractivity (Wildman–Crippen MR) is 147 cm³/mol. The van der Waals surface area contributed by atoms with Gasteiger partial charge in [0.2, 0.25) is 0 Å². The number of halogens is 2. The summed E-state index contributed by atoms with van der Waals surface area (Å²) in [5.41, 5.74) is 4.23. The van der Waals surface area contributed by atoms with Crippen molar-refractivity contribution in [3.63, 3.8) is 0 Å². The van der Waals surface area contributed by atoms with E-state index in [-0.39, 0.29) is 11.4 Å². The first kappa shape index (κ1) is 23.5. The fourth-order valence-electron chi connectivity index (χ4n) is 5.95. The van der Waals surface area contributed by atoms with Gasteiger partial charge < -0.3 is 13.7 Å². The second-order valence-electron chi connectivity index (χ2n) is 9.79. The Bertz CT molecular complexity index is 1930. The first-order valence-corrected chi connectivity index (χ1v) is 12.9. The predicted octanol–water partition coefficient (Wildman–Crippen LogP) is 5.18. The number of nitrogens with zero attached hydrogens (tertiary/aromatic N) is 6. The van der Waals surface area contributed by atoms with Crippen molar-refractivity contribution >= 4 is 22.5 Å². The molecule has 0 saturated heterocycles. The zero-order valence-electron chi connectivity index (χ0n) is 20.9. The summed E-state index contributed by atoms with van der Waals surface area (Å²) in [6, 6.07) is 19.9. The Labute approximate surface area is 227 Å². The van der Waals surface area contributed by atoms with Crippen molar-refractivity contribution in [3.05, 3.63) is 135 Å². The van der Waals surface area contributed by atoms with Gasteiger partial charge in [-0.3, -0.25) is 4.79 Å². The van der Waals surface area contributed by atoms with Crippen LogP contribution < -0.4 is 5.56 Å². The largest absolute Gasteiger partial charge is 0.318 e. The van der Waals surface area contributed by atoms with Crippen LogP contribution in [0, 0.1) is 5.82 Å². The fraction of sp³-hybridized carbons (Fsp3) is 0.133. The van der Waals surface area contributed by atoms with E-state index in [4.69, 9.17) is 11.6 Å². The minimum atomic E-state index is -1.03. The van der Waals surface area contributed by atoms with E-state index in [1.807, 2.05) is 51.2 Å². The van der Waals surface area contributed by atoms with Gasteiger partial charge in [0.25, 0.3) is 5.56 Å². The Kier molecular flexibility index (Phi) is 5.28. The molecule has 39 heavy (non-hydrogen) atoms. The van der Waals surface area contributed by atoms with Gasteiger partial charge in [-0.1, -0.05) is 41.9 Å². The lowest BCUT2D eigenvalue weighted by Crippen LogP contribution is -2.39. The van der Waals surface area contributed by atoms with E-state index in [1.54, 1.807) is 37.1 Å². The fourth-order valence-corrected chi connectivity index (χ4v) is 6.14. The molecule has 0 saturated carbocycles. The number of imidazole rings is 1. The zero-order valence-corrected chi connectivity index (χ0v) is 21.7. The molecule has 1 atom stereocenters. The molecule has 0 radical (unpaired) electrons. The maximum Gasteiger partial charge on any atom is 0.251 e. The van der Waals surface area contributed by atoms with Crippen LogP contribution in [0.2, 0.25) is 5.02 Å². The van der Waals surface area contributed by atoms with Crippen LogP contribution in [0.15, 0.2) is 96.6 Å². The average Bonchev–Trinajstić information content (AvgIpc) is 3.71. The molecular formula is C30H22ClFN6O. The number of hydrogen-bond acceptors (Lipinski definition) is 4. The van der Waals surface area contributed by atoms with Crippen molar-refractivity contribution in [1.82, 2.24) is 28.9 Å². The molecule has 0 N–H and O–H groups in total. The monoisotopic (exact) mass is 536 g/mol. The first-order valence-electron chi connectivity index (χ1n) is 12.5. The third-order valence-electron chi connectivity index (χ3n) is 7.63. The summed E-state index contributed by atoms with van der Waals surface area (Å²) in [6.45, 7) is 0.600. The number of hydrogen-bond donors (Lipinski definition) is 0. The summed E-state index contributed by atoms with van der Waals surface area (Å²) >= 11 is 6.37. The highest BCUT2D eigenvalue weighted by Gasteiger charge is 2.43. The van der Waals surface area contributed by atoms with Crippen molar-refractivity contribution in [1.29, 1.82) is 0 Å². The van der Waals surface area contributed by atoms with Gasteiger partial charge in [0, 0.05) is 42.5 Å². The molecule has 1 unspecified atom stereocenters. The van der Waals surface area contributed by atoms with Crippen molar-refractivity contribution in [2.24, 2.45) is 7.05 Å². The Morgan fingerprint density at radius 1 is 1.00 bits per heavy atom. The van der Waals surface area contributed by atoms with Crippen molar-refractivity contribution in [3.8, 4) is 11.1 Å². The molecule has 0 spiro atoms. The lowest BCUT2D eigenvalue weighted by atomic mass is 9.79. The third kappa shape index (κ3) is 3.48.